The van der Waals surface area contributed by atoms with Gasteiger partial charge in [-0.25, -0.2) is 0 Å². The fraction of sp³-hybridized carbons (Fsp3) is 1.00. The van der Waals surface area contributed by atoms with E-state index < -0.39 is 0 Å². The van der Waals surface area contributed by atoms with Gasteiger partial charge >= 0.3 is 0 Å². The van der Waals surface area contributed by atoms with Crippen LogP contribution in [-0.4, -0.2) is 25.8 Å². The average molecular weight is 251 g/mol. The molecule has 3 aliphatic carbocycles. The minimum atomic E-state index is 0.474. The molecule has 3 aliphatic rings. The predicted molar refractivity (Wildman–Crippen MR) is 74.6 cm³/mol. The van der Waals surface area contributed by atoms with Gasteiger partial charge in [0.25, 0.3) is 0 Å². The maximum Gasteiger partial charge on any atom is 0.0537 e. The zero-order valence-electron chi connectivity index (χ0n) is 12.1. The first kappa shape index (κ1) is 12.9. The Morgan fingerprint density at radius 3 is 2.61 bits per heavy atom. The van der Waals surface area contributed by atoms with Gasteiger partial charge in [-0.3, -0.25) is 0 Å². The quantitative estimate of drug-likeness (QED) is 0.750. The monoisotopic (exact) mass is 251 g/mol. The first-order chi connectivity index (χ1) is 8.68. The number of ether oxygens (including phenoxy) is 1. The Balaban J connectivity index is 1.56. The molecule has 3 rings (SSSR count). The van der Waals surface area contributed by atoms with Crippen LogP contribution < -0.4 is 5.32 Å². The van der Waals surface area contributed by atoms with Crippen LogP contribution in [0.1, 0.15) is 52.4 Å². The second-order valence-electron chi connectivity index (χ2n) is 7.44. The van der Waals surface area contributed by atoms with Gasteiger partial charge in [0.15, 0.2) is 0 Å². The summed E-state index contributed by atoms with van der Waals surface area (Å²) in [5, 5.41) is 3.69. The zero-order valence-corrected chi connectivity index (χ0v) is 12.1. The van der Waals surface area contributed by atoms with E-state index in [1.165, 1.54) is 45.1 Å². The fourth-order valence-electron chi connectivity index (χ4n) is 4.12. The van der Waals surface area contributed by atoms with Gasteiger partial charge in [0.2, 0.25) is 0 Å². The predicted octanol–water partition coefficient (Wildman–Crippen LogP) is 3.22. The molecule has 3 atom stereocenters. The second-order valence-corrected chi connectivity index (χ2v) is 7.44. The van der Waals surface area contributed by atoms with E-state index in [-0.39, 0.29) is 0 Å². The van der Waals surface area contributed by atoms with Gasteiger partial charge in [-0.15, -0.1) is 0 Å². The Kier molecular flexibility index (Phi) is 3.68. The van der Waals surface area contributed by atoms with Crippen LogP contribution in [0.4, 0.5) is 0 Å². The minimum Gasteiger partial charge on any atom is -0.381 e. The Morgan fingerprint density at radius 2 is 2.06 bits per heavy atom. The highest BCUT2D eigenvalue weighted by atomic mass is 16.5. The van der Waals surface area contributed by atoms with Crippen LogP contribution in [0.5, 0.6) is 0 Å². The third kappa shape index (κ3) is 2.75. The molecule has 3 fully saturated rings. The van der Waals surface area contributed by atoms with Crippen molar-refractivity contribution < 1.29 is 4.74 Å². The second kappa shape index (κ2) is 5.13. The summed E-state index contributed by atoms with van der Waals surface area (Å²) in [6.45, 7) is 7.74. The first-order valence-corrected chi connectivity index (χ1v) is 7.99. The van der Waals surface area contributed by atoms with Gasteiger partial charge in [-0.05, 0) is 49.9 Å². The molecule has 18 heavy (non-hydrogen) atoms. The topological polar surface area (TPSA) is 21.3 Å². The summed E-state index contributed by atoms with van der Waals surface area (Å²) >= 11 is 0. The molecule has 0 amide bonds. The van der Waals surface area contributed by atoms with Crippen LogP contribution in [0.25, 0.3) is 0 Å². The molecule has 0 saturated heterocycles. The molecule has 1 N–H and O–H groups in total. The lowest BCUT2D eigenvalue weighted by Gasteiger charge is -2.38. The van der Waals surface area contributed by atoms with E-state index >= 15 is 0 Å². The fourth-order valence-corrected chi connectivity index (χ4v) is 4.12. The van der Waals surface area contributed by atoms with Crippen LogP contribution >= 0.6 is 0 Å². The number of rotatable bonds is 7. The lowest BCUT2D eigenvalue weighted by atomic mass is 9.73. The Labute approximate surface area is 112 Å². The summed E-state index contributed by atoms with van der Waals surface area (Å²) in [7, 11) is 0. The van der Waals surface area contributed by atoms with Crippen molar-refractivity contribution in [1.29, 1.82) is 0 Å². The van der Waals surface area contributed by atoms with Crippen LogP contribution in [0, 0.1) is 23.2 Å². The van der Waals surface area contributed by atoms with Crippen LogP contribution in [0.15, 0.2) is 0 Å². The minimum absolute atomic E-state index is 0.474. The van der Waals surface area contributed by atoms with Gasteiger partial charge in [0.05, 0.1) is 6.61 Å². The van der Waals surface area contributed by atoms with Crippen LogP contribution in [0.2, 0.25) is 0 Å². The Bertz CT molecular complexity index is 287. The molecule has 104 valence electrons. The lowest BCUT2D eigenvalue weighted by molar-refractivity contribution is 0.00356. The summed E-state index contributed by atoms with van der Waals surface area (Å²) in [5.41, 5.74) is 0.474. The molecular weight excluding hydrogens is 222 g/mol. The highest BCUT2D eigenvalue weighted by molar-refractivity contribution is 5.01. The van der Waals surface area contributed by atoms with Gasteiger partial charge < -0.3 is 10.1 Å². The van der Waals surface area contributed by atoms with Crippen LogP contribution in [0.3, 0.4) is 0 Å². The first-order valence-electron chi connectivity index (χ1n) is 7.99. The van der Waals surface area contributed by atoms with E-state index in [4.69, 9.17) is 4.74 Å². The van der Waals surface area contributed by atoms with E-state index in [0.717, 1.165) is 31.0 Å². The summed E-state index contributed by atoms with van der Waals surface area (Å²) in [6, 6.07) is 0.601. The smallest absolute Gasteiger partial charge is 0.0537 e. The standard InChI is InChI=1S/C16H29NO/c1-12(2)17-10-16(11-18-9-13-3-4-13)8-14-5-6-15(16)7-14/h12-15,17H,3-11H2,1-2H3. The maximum atomic E-state index is 6.09. The SMILES string of the molecule is CC(C)NCC1(COCC2CC2)CC2CCC1C2. The van der Waals surface area contributed by atoms with Crippen molar-refractivity contribution in [2.45, 2.75) is 58.4 Å². The van der Waals surface area contributed by atoms with Gasteiger partial charge in [0, 0.05) is 24.6 Å². The zero-order chi connectivity index (χ0) is 12.6. The highest BCUT2D eigenvalue weighted by Crippen LogP contribution is 2.56. The molecule has 0 aromatic carbocycles. The number of fused-ring (bicyclic) bond motifs is 2. The van der Waals surface area contributed by atoms with E-state index in [9.17, 15) is 0 Å². The molecule has 0 aromatic rings. The summed E-state index contributed by atoms with van der Waals surface area (Å²) in [6.07, 6.45) is 8.65. The molecule has 0 heterocycles. The molecule has 0 spiro atoms. The Hall–Kier alpha value is -0.0800. The van der Waals surface area contributed by atoms with Crippen molar-refractivity contribution >= 4 is 0 Å². The van der Waals surface area contributed by atoms with Gasteiger partial charge in [-0.1, -0.05) is 20.3 Å². The molecule has 3 saturated carbocycles. The van der Waals surface area contributed by atoms with Crippen molar-refractivity contribution in [2.75, 3.05) is 19.8 Å². The Morgan fingerprint density at radius 1 is 1.22 bits per heavy atom. The molecule has 3 unspecified atom stereocenters. The maximum absolute atomic E-state index is 6.09. The third-order valence-corrected chi connectivity index (χ3v) is 5.40. The van der Waals surface area contributed by atoms with Crippen molar-refractivity contribution in [1.82, 2.24) is 5.32 Å². The van der Waals surface area contributed by atoms with Crippen LogP contribution in [-0.2, 0) is 4.74 Å². The summed E-state index contributed by atoms with van der Waals surface area (Å²) in [5.74, 6) is 2.85. The normalized spacial score (nSPS) is 38.8. The van der Waals surface area contributed by atoms with Crippen molar-refractivity contribution in [3.63, 3.8) is 0 Å². The summed E-state index contributed by atoms with van der Waals surface area (Å²) in [4.78, 5) is 0. The largest absolute Gasteiger partial charge is 0.381 e. The third-order valence-electron chi connectivity index (χ3n) is 5.40. The molecule has 2 nitrogen and oxygen atoms in total. The molecule has 0 aliphatic heterocycles. The van der Waals surface area contributed by atoms with Crippen molar-refractivity contribution in [3.05, 3.63) is 0 Å². The molecule has 0 radical (unpaired) electrons. The lowest BCUT2D eigenvalue weighted by Crippen LogP contribution is -2.44. The van der Waals surface area contributed by atoms with E-state index in [1.54, 1.807) is 0 Å². The van der Waals surface area contributed by atoms with E-state index in [1.807, 2.05) is 0 Å². The molecule has 2 bridgehead atoms. The van der Waals surface area contributed by atoms with Gasteiger partial charge in [0.1, 0.15) is 0 Å². The van der Waals surface area contributed by atoms with Gasteiger partial charge in [-0.2, -0.15) is 0 Å². The number of hydrogen-bond donors (Lipinski definition) is 1. The van der Waals surface area contributed by atoms with Crippen molar-refractivity contribution in [2.24, 2.45) is 23.2 Å². The number of hydrogen-bond acceptors (Lipinski definition) is 2. The summed E-state index contributed by atoms with van der Waals surface area (Å²) < 4.78 is 6.09. The molecule has 2 heteroatoms. The molecular formula is C16H29NO. The van der Waals surface area contributed by atoms with E-state index in [0.29, 0.717) is 11.5 Å². The average Bonchev–Trinajstić information content (AvgIpc) is 2.94. The molecule has 0 aromatic heterocycles. The van der Waals surface area contributed by atoms with E-state index in [2.05, 4.69) is 19.2 Å². The highest BCUT2D eigenvalue weighted by Gasteiger charge is 2.50. The van der Waals surface area contributed by atoms with Crippen molar-refractivity contribution in [3.8, 4) is 0 Å². The number of nitrogens with one attached hydrogen (secondary N) is 1.